The number of piperidine rings is 1. The number of amides is 1. The summed E-state index contributed by atoms with van der Waals surface area (Å²) in [6.07, 6.45) is 5.01. The van der Waals surface area contributed by atoms with Crippen molar-refractivity contribution >= 4 is 35.8 Å². The quantitative estimate of drug-likeness (QED) is 0.340. The lowest BCUT2D eigenvalue weighted by Crippen LogP contribution is -2.51. The van der Waals surface area contributed by atoms with Crippen molar-refractivity contribution in [3.8, 4) is 0 Å². The molecule has 30 heavy (non-hydrogen) atoms. The van der Waals surface area contributed by atoms with Crippen molar-refractivity contribution < 1.29 is 4.79 Å². The molecule has 1 aromatic carbocycles. The normalized spacial score (nSPS) is 18.9. The van der Waals surface area contributed by atoms with E-state index in [9.17, 15) is 4.79 Å². The summed E-state index contributed by atoms with van der Waals surface area (Å²) in [5.41, 5.74) is 2.97. The predicted molar refractivity (Wildman–Crippen MR) is 134 cm³/mol. The van der Waals surface area contributed by atoms with Gasteiger partial charge in [0.25, 0.3) is 0 Å². The maximum absolute atomic E-state index is 11.6. The van der Waals surface area contributed by atoms with Crippen LogP contribution in [0.25, 0.3) is 0 Å². The van der Waals surface area contributed by atoms with Gasteiger partial charge in [0.05, 0.1) is 0 Å². The average Bonchev–Trinajstić information content (AvgIpc) is 2.77. The number of guanidine groups is 1. The molecule has 2 aliphatic heterocycles. The Bertz CT molecular complexity index is 703. The number of benzene rings is 1. The van der Waals surface area contributed by atoms with Gasteiger partial charge in [-0.2, -0.15) is 0 Å². The van der Waals surface area contributed by atoms with Gasteiger partial charge in [-0.05, 0) is 42.7 Å². The highest BCUT2D eigenvalue weighted by atomic mass is 127. The molecule has 0 spiro atoms. The van der Waals surface area contributed by atoms with E-state index in [1.807, 2.05) is 7.05 Å². The molecule has 1 saturated heterocycles. The number of carbonyl (C=O) groups excluding carboxylic acids is 1. The van der Waals surface area contributed by atoms with Gasteiger partial charge in [-0.1, -0.05) is 31.2 Å². The molecule has 1 atom stereocenters. The Morgan fingerprint density at radius 2 is 1.90 bits per heavy atom. The Morgan fingerprint density at radius 1 is 1.20 bits per heavy atom. The zero-order chi connectivity index (χ0) is 20.6. The molecular weight excluding hydrogens is 489 g/mol. The fraction of sp³-hybridized carbons (Fsp3) is 0.652. The molecule has 0 aliphatic carbocycles. The van der Waals surface area contributed by atoms with Gasteiger partial charge in [0.15, 0.2) is 5.96 Å². The average molecular weight is 527 g/mol. The minimum Gasteiger partial charge on any atom is -0.359 e. The monoisotopic (exact) mass is 527 g/mol. The molecule has 3 rings (SSSR count). The molecule has 0 radical (unpaired) electrons. The number of nitrogens with zero attached hydrogens (tertiary/aromatic N) is 3. The number of hydrogen-bond acceptors (Lipinski definition) is 3. The summed E-state index contributed by atoms with van der Waals surface area (Å²) >= 11 is 0. The first-order chi connectivity index (χ1) is 14.1. The third kappa shape index (κ3) is 6.57. The van der Waals surface area contributed by atoms with Crippen molar-refractivity contribution in [1.82, 2.24) is 20.4 Å². The molecule has 2 N–H and O–H groups in total. The van der Waals surface area contributed by atoms with Crippen LogP contribution in [-0.2, 0) is 17.8 Å². The van der Waals surface area contributed by atoms with E-state index in [1.54, 1.807) is 7.05 Å². The van der Waals surface area contributed by atoms with Gasteiger partial charge in [0, 0.05) is 59.3 Å². The van der Waals surface area contributed by atoms with Gasteiger partial charge in [0.1, 0.15) is 0 Å². The second-order valence-corrected chi connectivity index (χ2v) is 8.29. The van der Waals surface area contributed by atoms with E-state index in [-0.39, 0.29) is 29.9 Å². The van der Waals surface area contributed by atoms with Crippen LogP contribution in [-0.4, -0.2) is 68.0 Å². The van der Waals surface area contributed by atoms with Gasteiger partial charge in [-0.25, -0.2) is 0 Å². The molecule has 1 unspecified atom stereocenters. The lowest BCUT2D eigenvalue weighted by molar-refractivity contribution is -0.121. The Morgan fingerprint density at radius 3 is 2.53 bits per heavy atom. The van der Waals surface area contributed by atoms with Gasteiger partial charge in [0.2, 0.25) is 5.91 Å². The van der Waals surface area contributed by atoms with Crippen molar-refractivity contribution in [1.29, 1.82) is 0 Å². The first-order valence-electron chi connectivity index (χ1n) is 11.1. The van der Waals surface area contributed by atoms with Crippen LogP contribution >= 0.6 is 24.0 Å². The number of nitrogens with one attached hydrogen (secondary N) is 2. The van der Waals surface area contributed by atoms with Gasteiger partial charge in [-0.15, -0.1) is 24.0 Å². The van der Waals surface area contributed by atoms with Gasteiger partial charge >= 0.3 is 0 Å². The number of aliphatic imine (C=N–C) groups is 1. The third-order valence-electron chi connectivity index (χ3n) is 6.52. The van der Waals surface area contributed by atoms with E-state index >= 15 is 0 Å². The third-order valence-corrected chi connectivity index (χ3v) is 6.52. The maximum Gasteiger partial charge on any atom is 0.220 e. The van der Waals surface area contributed by atoms with Gasteiger partial charge in [-0.3, -0.25) is 14.7 Å². The molecule has 1 fully saturated rings. The second-order valence-electron chi connectivity index (χ2n) is 8.29. The van der Waals surface area contributed by atoms with Crippen LogP contribution in [0.15, 0.2) is 29.3 Å². The lowest BCUT2D eigenvalue weighted by Gasteiger charge is -2.37. The Labute approximate surface area is 198 Å². The molecule has 0 aromatic heterocycles. The van der Waals surface area contributed by atoms with Crippen LogP contribution in [0.4, 0.5) is 0 Å². The summed E-state index contributed by atoms with van der Waals surface area (Å²) in [6, 6.07) is 9.34. The Hall–Kier alpha value is -1.35. The van der Waals surface area contributed by atoms with Crippen LogP contribution in [0.1, 0.15) is 43.7 Å². The van der Waals surface area contributed by atoms with Crippen LogP contribution in [0.3, 0.4) is 0 Å². The van der Waals surface area contributed by atoms with E-state index in [0.717, 1.165) is 64.4 Å². The van der Waals surface area contributed by atoms with Crippen LogP contribution in [0.5, 0.6) is 0 Å². The topological polar surface area (TPSA) is 60.0 Å². The standard InChI is InChI=1S/C23H37N5O.HI/c1-4-21(28-14-11-19-7-5-6-8-20(19)17-28)16-26-23(25-3)27-12-9-18(10-13-27)15-22(29)24-2;/h5-8,18,21H,4,9-17H2,1-3H3,(H,24,29)(H,25,26);1H. The number of rotatable bonds is 6. The first kappa shape index (κ1) is 24.9. The zero-order valence-corrected chi connectivity index (χ0v) is 21.0. The zero-order valence-electron chi connectivity index (χ0n) is 18.7. The first-order valence-corrected chi connectivity index (χ1v) is 11.1. The summed E-state index contributed by atoms with van der Waals surface area (Å²) in [5, 5.41) is 6.37. The highest BCUT2D eigenvalue weighted by molar-refractivity contribution is 14.0. The molecule has 0 saturated carbocycles. The van der Waals surface area contributed by atoms with Crippen molar-refractivity contribution in [3.63, 3.8) is 0 Å². The molecule has 6 nitrogen and oxygen atoms in total. The molecule has 1 amide bonds. The summed E-state index contributed by atoms with van der Waals surface area (Å²) in [7, 11) is 3.59. The number of fused-ring (bicyclic) bond motifs is 1. The molecule has 0 bridgehead atoms. The van der Waals surface area contributed by atoms with E-state index in [2.05, 4.69) is 56.6 Å². The smallest absolute Gasteiger partial charge is 0.220 e. The number of likely N-dealkylation sites (tertiary alicyclic amines) is 1. The van der Waals surface area contributed by atoms with E-state index in [1.165, 1.54) is 11.1 Å². The number of carbonyl (C=O) groups is 1. The SMILES string of the molecule is CCC(CNC(=NC)N1CCC(CC(=O)NC)CC1)N1CCc2ccccc2C1.I. The van der Waals surface area contributed by atoms with Crippen molar-refractivity contribution in [2.45, 2.75) is 51.6 Å². The second kappa shape index (κ2) is 12.5. The molecule has 2 heterocycles. The lowest BCUT2D eigenvalue weighted by atomic mass is 9.93. The minimum atomic E-state index is 0. The predicted octanol–water partition coefficient (Wildman–Crippen LogP) is 2.86. The molecule has 1 aromatic rings. The summed E-state index contributed by atoms with van der Waals surface area (Å²) in [5.74, 6) is 1.64. The summed E-state index contributed by atoms with van der Waals surface area (Å²) in [4.78, 5) is 21.1. The van der Waals surface area contributed by atoms with Gasteiger partial charge < -0.3 is 15.5 Å². The summed E-state index contributed by atoms with van der Waals surface area (Å²) < 4.78 is 0. The Kier molecular flexibility index (Phi) is 10.4. The fourth-order valence-corrected chi connectivity index (χ4v) is 4.62. The number of hydrogen-bond donors (Lipinski definition) is 2. The van der Waals surface area contributed by atoms with E-state index in [4.69, 9.17) is 0 Å². The van der Waals surface area contributed by atoms with Crippen LogP contribution in [0, 0.1) is 5.92 Å². The molecule has 168 valence electrons. The number of halogens is 1. The fourth-order valence-electron chi connectivity index (χ4n) is 4.62. The largest absolute Gasteiger partial charge is 0.359 e. The molecule has 2 aliphatic rings. The molecular formula is C23H38IN5O. The van der Waals surface area contributed by atoms with E-state index in [0.29, 0.717) is 18.4 Å². The van der Waals surface area contributed by atoms with Crippen molar-refractivity contribution in [3.05, 3.63) is 35.4 Å². The minimum absolute atomic E-state index is 0. The van der Waals surface area contributed by atoms with Crippen LogP contribution in [0.2, 0.25) is 0 Å². The maximum atomic E-state index is 11.6. The van der Waals surface area contributed by atoms with Crippen LogP contribution < -0.4 is 10.6 Å². The Balaban J connectivity index is 0.00000320. The molecule has 7 heteroatoms. The van der Waals surface area contributed by atoms with Crippen molar-refractivity contribution in [2.75, 3.05) is 40.3 Å². The van der Waals surface area contributed by atoms with Crippen molar-refractivity contribution in [2.24, 2.45) is 10.9 Å². The van der Waals surface area contributed by atoms with E-state index < -0.39 is 0 Å². The highest BCUT2D eigenvalue weighted by Crippen LogP contribution is 2.22. The highest BCUT2D eigenvalue weighted by Gasteiger charge is 2.25. The summed E-state index contributed by atoms with van der Waals surface area (Å²) in [6.45, 7) is 7.30.